The number of benzene rings is 2. The third kappa shape index (κ3) is 3.41. The summed E-state index contributed by atoms with van der Waals surface area (Å²) in [5, 5.41) is 3.41. The molecule has 1 saturated heterocycles. The fourth-order valence-corrected chi connectivity index (χ4v) is 3.10. The summed E-state index contributed by atoms with van der Waals surface area (Å²) in [5.41, 5.74) is 3.00. The predicted molar refractivity (Wildman–Crippen MR) is 90.9 cm³/mol. The standard InChI is InChI=1S/C19H23FN2/c1-15(18-10-3-4-11-19(18)20)21-16-8-7-9-17(14-16)22-12-5-2-6-13-22/h3-4,7-11,14-15,21H,2,5-6,12-13H2,1H3/t15-/m0/s1. The highest BCUT2D eigenvalue weighted by Crippen LogP contribution is 2.26. The van der Waals surface area contributed by atoms with Gasteiger partial charge < -0.3 is 10.2 Å². The first-order valence-corrected chi connectivity index (χ1v) is 8.10. The van der Waals surface area contributed by atoms with Crippen LogP contribution in [-0.4, -0.2) is 13.1 Å². The van der Waals surface area contributed by atoms with Crippen molar-refractivity contribution in [3.63, 3.8) is 0 Å². The van der Waals surface area contributed by atoms with Gasteiger partial charge in [0.15, 0.2) is 0 Å². The van der Waals surface area contributed by atoms with Crippen LogP contribution in [0.5, 0.6) is 0 Å². The minimum absolute atomic E-state index is 0.0576. The smallest absolute Gasteiger partial charge is 0.128 e. The molecular weight excluding hydrogens is 275 g/mol. The van der Waals surface area contributed by atoms with Crippen LogP contribution < -0.4 is 10.2 Å². The molecule has 1 N–H and O–H groups in total. The van der Waals surface area contributed by atoms with E-state index >= 15 is 0 Å². The minimum Gasteiger partial charge on any atom is -0.378 e. The largest absolute Gasteiger partial charge is 0.378 e. The van der Waals surface area contributed by atoms with E-state index in [1.165, 1.54) is 31.0 Å². The second kappa shape index (κ2) is 6.82. The Morgan fingerprint density at radius 1 is 1.00 bits per heavy atom. The van der Waals surface area contributed by atoms with E-state index < -0.39 is 0 Å². The Morgan fingerprint density at radius 3 is 2.55 bits per heavy atom. The van der Waals surface area contributed by atoms with Crippen molar-refractivity contribution in [3.8, 4) is 0 Å². The van der Waals surface area contributed by atoms with Crippen LogP contribution in [-0.2, 0) is 0 Å². The zero-order chi connectivity index (χ0) is 15.4. The summed E-state index contributed by atoms with van der Waals surface area (Å²) in [6.07, 6.45) is 3.87. The summed E-state index contributed by atoms with van der Waals surface area (Å²) in [5.74, 6) is -0.158. The highest BCUT2D eigenvalue weighted by atomic mass is 19.1. The van der Waals surface area contributed by atoms with E-state index in [0.29, 0.717) is 5.56 Å². The fraction of sp³-hybridized carbons (Fsp3) is 0.368. The molecule has 2 nitrogen and oxygen atoms in total. The van der Waals surface area contributed by atoms with Crippen LogP contribution in [0.15, 0.2) is 48.5 Å². The van der Waals surface area contributed by atoms with Crippen LogP contribution in [0, 0.1) is 5.82 Å². The Morgan fingerprint density at radius 2 is 1.77 bits per heavy atom. The van der Waals surface area contributed by atoms with E-state index in [9.17, 15) is 4.39 Å². The van der Waals surface area contributed by atoms with Crippen molar-refractivity contribution in [2.45, 2.75) is 32.2 Å². The van der Waals surface area contributed by atoms with Crippen LogP contribution in [0.2, 0.25) is 0 Å². The summed E-state index contributed by atoms with van der Waals surface area (Å²) in [7, 11) is 0. The molecule has 0 radical (unpaired) electrons. The molecule has 0 aliphatic carbocycles. The lowest BCUT2D eigenvalue weighted by Gasteiger charge is -2.29. The molecule has 0 unspecified atom stereocenters. The lowest BCUT2D eigenvalue weighted by Crippen LogP contribution is -2.29. The van der Waals surface area contributed by atoms with Gasteiger partial charge in [-0.3, -0.25) is 0 Å². The van der Waals surface area contributed by atoms with Crippen LogP contribution in [0.1, 0.15) is 37.8 Å². The molecule has 0 saturated carbocycles. The summed E-state index contributed by atoms with van der Waals surface area (Å²) < 4.78 is 13.9. The Bertz CT molecular complexity index is 620. The third-order valence-corrected chi connectivity index (χ3v) is 4.32. The number of hydrogen-bond donors (Lipinski definition) is 1. The average Bonchev–Trinajstić information content (AvgIpc) is 2.56. The van der Waals surface area contributed by atoms with Gasteiger partial charge in [0.2, 0.25) is 0 Å². The maximum absolute atomic E-state index is 13.9. The van der Waals surface area contributed by atoms with E-state index in [1.54, 1.807) is 6.07 Å². The van der Waals surface area contributed by atoms with E-state index in [2.05, 4.69) is 28.4 Å². The van der Waals surface area contributed by atoms with Gasteiger partial charge in [0.05, 0.1) is 6.04 Å². The molecule has 2 aromatic rings. The van der Waals surface area contributed by atoms with Crippen LogP contribution in [0.25, 0.3) is 0 Å². The topological polar surface area (TPSA) is 15.3 Å². The molecule has 0 spiro atoms. The number of nitrogens with one attached hydrogen (secondary N) is 1. The Kier molecular flexibility index (Phi) is 4.62. The highest BCUT2D eigenvalue weighted by molar-refractivity contribution is 5.59. The number of hydrogen-bond acceptors (Lipinski definition) is 2. The van der Waals surface area contributed by atoms with Crippen LogP contribution in [0.3, 0.4) is 0 Å². The highest BCUT2D eigenvalue weighted by Gasteiger charge is 2.13. The fourth-order valence-electron chi connectivity index (χ4n) is 3.10. The van der Waals surface area contributed by atoms with Crippen molar-refractivity contribution in [1.29, 1.82) is 0 Å². The monoisotopic (exact) mass is 298 g/mol. The van der Waals surface area contributed by atoms with Gasteiger partial charge in [0, 0.05) is 30.0 Å². The second-order valence-corrected chi connectivity index (χ2v) is 5.99. The van der Waals surface area contributed by atoms with Gasteiger partial charge in [0.25, 0.3) is 0 Å². The number of nitrogens with zero attached hydrogens (tertiary/aromatic N) is 1. The van der Waals surface area contributed by atoms with Gasteiger partial charge >= 0.3 is 0 Å². The van der Waals surface area contributed by atoms with E-state index in [-0.39, 0.29) is 11.9 Å². The van der Waals surface area contributed by atoms with E-state index in [4.69, 9.17) is 0 Å². The molecule has 1 fully saturated rings. The maximum atomic E-state index is 13.9. The number of rotatable bonds is 4. The summed E-state index contributed by atoms with van der Waals surface area (Å²) >= 11 is 0. The van der Waals surface area contributed by atoms with Crippen molar-refractivity contribution >= 4 is 11.4 Å². The molecule has 0 amide bonds. The van der Waals surface area contributed by atoms with Crippen molar-refractivity contribution in [2.75, 3.05) is 23.3 Å². The summed E-state index contributed by atoms with van der Waals surface area (Å²) in [6, 6.07) is 15.3. The first kappa shape index (κ1) is 14.9. The second-order valence-electron chi connectivity index (χ2n) is 5.99. The molecular formula is C19H23FN2. The van der Waals surface area contributed by atoms with Gasteiger partial charge in [-0.2, -0.15) is 0 Å². The predicted octanol–water partition coefficient (Wildman–Crippen LogP) is 4.99. The van der Waals surface area contributed by atoms with E-state index in [0.717, 1.165) is 18.8 Å². The van der Waals surface area contributed by atoms with Crippen LogP contribution in [0.4, 0.5) is 15.8 Å². The molecule has 3 rings (SSSR count). The first-order valence-electron chi connectivity index (χ1n) is 8.10. The summed E-state index contributed by atoms with van der Waals surface area (Å²) in [6.45, 7) is 4.25. The minimum atomic E-state index is -0.158. The molecule has 1 aliphatic rings. The molecule has 1 aliphatic heterocycles. The molecule has 22 heavy (non-hydrogen) atoms. The molecule has 116 valence electrons. The van der Waals surface area contributed by atoms with Crippen molar-refractivity contribution in [1.82, 2.24) is 0 Å². The quantitative estimate of drug-likeness (QED) is 0.855. The number of piperidine rings is 1. The van der Waals surface area contributed by atoms with Gasteiger partial charge in [-0.05, 0) is 50.5 Å². The number of anilines is 2. The van der Waals surface area contributed by atoms with Crippen molar-refractivity contribution < 1.29 is 4.39 Å². The normalized spacial score (nSPS) is 16.4. The first-order chi connectivity index (χ1) is 10.7. The van der Waals surface area contributed by atoms with Crippen LogP contribution >= 0.6 is 0 Å². The maximum Gasteiger partial charge on any atom is 0.128 e. The lowest BCUT2D eigenvalue weighted by atomic mass is 10.1. The van der Waals surface area contributed by atoms with Gasteiger partial charge in [-0.15, -0.1) is 0 Å². The van der Waals surface area contributed by atoms with Gasteiger partial charge in [-0.1, -0.05) is 24.3 Å². The SMILES string of the molecule is C[C@H](Nc1cccc(N2CCCCC2)c1)c1ccccc1F. The van der Waals surface area contributed by atoms with Gasteiger partial charge in [-0.25, -0.2) is 4.39 Å². The Balaban J connectivity index is 1.73. The molecule has 0 aromatic heterocycles. The molecule has 2 aromatic carbocycles. The average molecular weight is 298 g/mol. The molecule has 0 bridgehead atoms. The molecule has 1 atom stereocenters. The molecule has 3 heteroatoms. The van der Waals surface area contributed by atoms with Crippen molar-refractivity contribution in [3.05, 3.63) is 59.9 Å². The Hall–Kier alpha value is -2.03. The van der Waals surface area contributed by atoms with E-state index in [1.807, 2.05) is 25.1 Å². The number of halogens is 1. The Labute approximate surface area is 132 Å². The summed E-state index contributed by atoms with van der Waals surface area (Å²) in [4.78, 5) is 2.43. The third-order valence-electron chi connectivity index (χ3n) is 4.32. The zero-order valence-corrected chi connectivity index (χ0v) is 13.1. The zero-order valence-electron chi connectivity index (χ0n) is 13.1. The molecule has 1 heterocycles. The van der Waals surface area contributed by atoms with Gasteiger partial charge in [0.1, 0.15) is 5.82 Å². The van der Waals surface area contributed by atoms with Crippen molar-refractivity contribution in [2.24, 2.45) is 0 Å². The lowest BCUT2D eigenvalue weighted by molar-refractivity contribution is 0.578.